The van der Waals surface area contributed by atoms with E-state index in [0.29, 0.717) is 15.9 Å². The Bertz CT molecular complexity index is 1240. The predicted octanol–water partition coefficient (Wildman–Crippen LogP) is 2.30. The van der Waals surface area contributed by atoms with Crippen molar-refractivity contribution in [3.63, 3.8) is 0 Å². The molecule has 1 atom stereocenters. The summed E-state index contributed by atoms with van der Waals surface area (Å²) in [6.07, 6.45) is 6.97. The second kappa shape index (κ2) is 7.95. The van der Waals surface area contributed by atoms with Crippen molar-refractivity contribution in [2.24, 2.45) is 11.1 Å². The molecule has 2 aliphatic heterocycles. The Hall–Kier alpha value is -2.82. The van der Waals surface area contributed by atoms with Gasteiger partial charge in [0.15, 0.2) is 11.2 Å². The minimum Gasteiger partial charge on any atom is -0.382 e. The van der Waals surface area contributed by atoms with Crippen LogP contribution in [0.2, 0.25) is 5.02 Å². The van der Waals surface area contributed by atoms with Crippen molar-refractivity contribution in [3.8, 4) is 0 Å². The van der Waals surface area contributed by atoms with Gasteiger partial charge in [-0.15, -0.1) is 0 Å². The van der Waals surface area contributed by atoms with Crippen LogP contribution in [0.5, 0.6) is 0 Å². The maximum atomic E-state index is 11.8. The van der Waals surface area contributed by atoms with Gasteiger partial charge < -0.3 is 26.7 Å². The first-order chi connectivity index (χ1) is 15.4. The van der Waals surface area contributed by atoms with Crippen molar-refractivity contribution in [1.82, 2.24) is 19.5 Å². The van der Waals surface area contributed by atoms with Gasteiger partial charge in [0.1, 0.15) is 16.7 Å². The summed E-state index contributed by atoms with van der Waals surface area (Å²) < 4.78 is 2.11. The van der Waals surface area contributed by atoms with Gasteiger partial charge in [0.25, 0.3) is 0 Å². The number of halogens is 1. The fourth-order valence-electron chi connectivity index (χ4n) is 4.58. The van der Waals surface area contributed by atoms with Gasteiger partial charge in [-0.05, 0) is 18.9 Å². The zero-order valence-corrected chi connectivity index (χ0v) is 18.8. The van der Waals surface area contributed by atoms with Crippen molar-refractivity contribution in [2.75, 3.05) is 29.5 Å². The minimum atomic E-state index is -0.147. The Morgan fingerprint density at radius 2 is 1.94 bits per heavy atom. The Labute approximate surface area is 194 Å². The number of aromatic nitrogens is 4. The lowest BCUT2D eigenvalue weighted by atomic mass is 9.73. The maximum Gasteiger partial charge on any atom is 0.181 e. The number of piperidine rings is 1. The van der Waals surface area contributed by atoms with E-state index in [1.165, 1.54) is 11.8 Å². The average molecular weight is 471 g/mol. The van der Waals surface area contributed by atoms with Crippen LogP contribution in [0.4, 0.5) is 17.5 Å². The molecule has 1 unspecified atom stereocenters. The van der Waals surface area contributed by atoms with E-state index in [4.69, 9.17) is 28.8 Å². The molecule has 1 spiro atoms. The number of nitrogens with two attached hydrogens (primary N) is 3. The van der Waals surface area contributed by atoms with E-state index in [9.17, 15) is 4.79 Å². The molecule has 5 heterocycles. The maximum absolute atomic E-state index is 11.8. The molecule has 166 valence electrons. The monoisotopic (exact) mass is 470 g/mol. The highest BCUT2D eigenvalue weighted by Crippen LogP contribution is 2.48. The van der Waals surface area contributed by atoms with Gasteiger partial charge >= 0.3 is 0 Å². The lowest BCUT2D eigenvalue weighted by Crippen LogP contribution is -2.44. The van der Waals surface area contributed by atoms with Crippen molar-refractivity contribution in [3.05, 3.63) is 57.7 Å². The van der Waals surface area contributed by atoms with Gasteiger partial charge in [0.2, 0.25) is 0 Å². The van der Waals surface area contributed by atoms with E-state index < -0.39 is 0 Å². The van der Waals surface area contributed by atoms with Crippen LogP contribution < -0.4 is 27.5 Å². The van der Waals surface area contributed by atoms with Crippen LogP contribution in [0.25, 0.3) is 0 Å². The molecule has 3 aromatic heterocycles. The number of nitrogens with zero attached hydrogens (tertiary/aromatic N) is 5. The van der Waals surface area contributed by atoms with Crippen molar-refractivity contribution in [1.29, 1.82) is 0 Å². The summed E-state index contributed by atoms with van der Waals surface area (Å²) in [4.78, 5) is 27.7. The Morgan fingerprint density at radius 1 is 1.16 bits per heavy atom. The Morgan fingerprint density at radius 3 is 2.69 bits per heavy atom. The molecule has 9 nitrogen and oxygen atoms in total. The number of anilines is 3. The number of nitrogen functional groups attached to an aromatic ring is 2. The topological polar surface area (TPSA) is 142 Å². The minimum absolute atomic E-state index is 0.000588. The second-order valence-electron chi connectivity index (χ2n) is 8.27. The van der Waals surface area contributed by atoms with Gasteiger partial charge in [-0.25, -0.2) is 15.0 Å². The molecular formula is C21H23ClN8OS. The number of pyridine rings is 2. The predicted molar refractivity (Wildman–Crippen MR) is 126 cm³/mol. The van der Waals surface area contributed by atoms with Gasteiger partial charge in [0.05, 0.1) is 17.3 Å². The van der Waals surface area contributed by atoms with E-state index in [0.717, 1.165) is 48.9 Å². The third-order valence-electron chi connectivity index (χ3n) is 6.43. The molecule has 6 N–H and O–H groups in total. The number of hydrogen-bond acceptors (Lipinski definition) is 9. The molecule has 3 aromatic rings. The van der Waals surface area contributed by atoms with Crippen molar-refractivity contribution in [2.45, 2.75) is 35.3 Å². The zero-order valence-electron chi connectivity index (χ0n) is 17.2. The first kappa shape index (κ1) is 21.0. The SMILES string of the molecule is Nc1nc(N2CCC3(CC2)Cn2ccc(=O)cc2C3N)cnc1Sc1ccnc(N)c1Cl. The normalized spacial score (nSPS) is 19.3. The molecule has 2 aliphatic rings. The van der Waals surface area contributed by atoms with Crippen LogP contribution in [0.3, 0.4) is 0 Å². The van der Waals surface area contributed by atoms with Gasteiger partial charge in [0, 0.05) is 60.2 Å². The summed E-state index contributed by atoms with van der Waals surface area (Å²) >= 11 is 7.53. The van der Waals surface area contributed by atoms with Crippen molar-refractivity contribution >= 4 is 40.8 Å². The lowest BCUT2D eigenvalue weighted by Gasteiger charge is -2.41. The molecule has 0 bridgehead atoms. The summed E-state index contributed by atoms with van der Waals surface area (Å²) in [6, 6.07) is 4.87. The number of rotatable bonds is 3. The van der Waals surface area contributed by atoms with Crippen LogP contribution in [0.1, 0.15) is 24.6 Å². The molecule has 0 aliphatic carbocycles. The zero-order chi connectivity index (χ0) is 22.5. The standard InChI is InChI=1S/C21H23ClN8OS/c22-16-14(1-5-26-18(16)24)32-20-19(25)28-15(10-27-20)29-7-3-21(4-8-29)11-30-6-2-12(31)9-13(30)17(21)23/h1-2,5-6,9-10,17H,3-4,7-8,11,23H2,(H2,24,26)(H2,25,28). The quantitative estimate of drug-likeness (QED) is 0.525. The van der Waals surface area contributed by atoms with Crippen LogP contribution >= 0.6 is 23.4 Å². The van der Waals surface area contributed by atoms with Crippen LogP contribution in [-0.4, -0.2) is 32.6 Å². The summed E-state index contributed by atoms with van der Waals surface area (Å²) in [5.74, 6) is 1.34. The summed E-state index contributed by atoms with van der Waals surface area (Å²) in [7, 11) is 0. The summed E-state index contributed by atoms with van der Waals surface area (Å²) in [5.41, 5.74) is 19.4. The molecule has 0 amide bonds. The van der Waals surface area contributed by atoms with E-state index in [-0.39, 0.29) is 22.7 Å². The Kier molecular flexibility index (Phi) is 5.23. The molecule has 0 aromatic carbocycles. The smallest absolute Gasteiger partial charge is 0.181 e. The summed E-state index contributed by atoms with van der Waals surface area (Å²) in [6.45, 7) is 2.41. The molecule has 32 heavy (non-hydrogen) atoms. The molecule has 1 fully saturated rings. The highest BCUT2D eigenvalue weighted by atomic mass is 35.5. The van der Waals surface area contributed by atoms with Crippen LogP contribution in [-0.2, 0) is 6.54 Å². The van der Waals surface area contributed by atoms with E-state index in [1.807, 2.05) is 6.20 Å². The molecule has 11 heteroatoms. The van der Waals surface area contributed by atoms with E-state index in [2.05, 4.69) is 24.4 Å². The molecule has 1 saturated heterocycles. The second-order valence-corrected chi connectivity index (χ2v) is 9.68. The molecule has 0 radical (unpaired) electrons. The first-order valence-corrected chi connectivity index (χ1v) is 11.5. The highest BCUT2D eigenvalue weighted by Gasteiger charge is 2.46. The number of fused-ring (bicyclic) bond motifs is 1. The van der Waals surface area contributed by atoms with E-state index in [1.54, 1.807) is 30.6 Å². The fraction of sp³-hybridized carbons (Fsp3) is 0.333. The lowest BCUT2D eigenvalue weighted by molar-refractivity contribution is 0.174. The van der Waals surface area contributed by atoms with Gasteiger partial charge in [-0.3, -0.25) is 4.79 Å². The van der Waals surface area contributed by atoms with Gasteiger partial charge in [-0.1, -0.05) is 23.4 Å². The average Bonchev–Trinajstić information content (AvgIpc) is 3.04. The van der Waals surface area contributed by atoms with Crippen LogP contribution in [0.15, 0.2) is 51.5 Å². The number of hydrogen-bond donors (Lipinski definition) is 3. The van der Waals surface area contributed by atoms with E-state index >= 15 is 0 Å². The molecular weight excluding hydrogens is 448 g/mol. The third kappa shape index (κ3) is 3.58. The first-order valence-electron chi connectivity index (χ1n) is 10.3. The Balaban J connectivity index is 1.30. The van der Waals surface area contributed by atoms with Gasteiger partial charge in [-0.2, -0.15) is 0 Å². The third-order valence-corrected chi connectivity index (χ3v) is 8.00. The fourth-order valence-corrected chi connectivity index (χ4v) is 5.59. The van der Waals surface area contributed by atoms with Crippen molar-refractivity contribution < 1.29 is 0 Å². The largest absolute Gasteiger partial charge is 0.382 e. The molecule has 5 rings (SSSR count). The molecule has 0 saturated carbocycles. The highest BCUT2D eigenvalue weighted by molar-refractivity contribution is 7.99. The summed E-state index contributed by atoms with van der Waals surface area (Å²) in [5, 5.41) is 0.938. The van der Waals surface area contributed by atoms with Crippen LogP contribution in [0, 0.1) is 5.41 Å².